The van der Waals surface area contributed by atoms with Crippen LogP contribution in [-0.2, 0) is 17.8 Å². The summed E-state index contributed by atoms with van der Waals surface area (Å²) < 4.78 is 5.99. The van der Waals surface area contributed by atoms with Crippen LogP contribution in [0, 0.1) is 0 Å². The molecule has 2 N–H and O–H groups in total. The van der Waals surface area contributed by atoms with Gasteiger partial charge in [0.05, 0.1) is 13.1 Å². The molecule has 29 heavy (non-hydrogen) atoms. The number of ether oxygens (including phenoxy) is 1. The zero-order valence-corrected chi connectivity index (χ0v) is 16.9. The molecular weight excluding hydrogens is 364 g/mol. The van der Waals surface area contributed by atoms with Crippen molar-refractivity contribution in [1.82, 2.24) is 10.6 Å². The summed E-state index contributed by atoms with van der Waals surface area (Å²) in [5.41, 5.74) is 3.35. The first-order valence-electron chi connectivity index (χ1n) is 10.4. The Morgan fingerprint density at radius 1 is 1.17 bits per heavy atom. The van der Waals surface area contributed by atoms with E-state index in [1.165, 1.54) is 5.56 Å². The number of fused-ring (bicyclic) bond motifs is 1. The standard InChI is InChI=1S/C23H28N4O2/c1-2-24-23(26-16-20-14-18-6-3-4-7-21(18)29-20)25-15-17-9-11-19(12-10-17)27-13-5-8-22(27)28/h3-4,6-7,9-12,20H,2,5,8,13-16H2,1H3,(H2,24,25,26). The fraction of sp³-hybridized carbons (Fsp3) is 0.391. The van der Waals surface area contributed by atoms with Gasteiger partial charge in [-0.2, -0.15) is 0 Å². The second-order valence-electron chi connectivity index (χ2n) is 7.44. The molecule has 2 aliphatic heterocycles. The molecule has 2 heterocycles. The van der Waals surface area contributed by atoms with Crippen LogP contribution in [0.15, 0.2) is 53.5 Å². The molecule has 1 saturated heterocycles. The number of guanidine groups is 1. The quantitative estimate of drug-likeness (QED) is 0.586. The summed E-state index contributed by atoms with van der Waals surface area (Å²) in [6.07, 6.45) is 2.63. The van der Waals surface area contributed by atoms with E-state index in [-0.39, 0.29) is 12.0 Å². The van der Waals surface area contributed by atoms with E-state index in [1.54, 1.807) is 0 Å². The molecule has 2 aromatic rings. The third kappa shape index (κ3) is 4.70. The van der Waals surface area contributed by atoms with Gasteiger partial charge in [0.1, 0.15) is 11.9 Å². The van der Waals surface area contributed by atoms with Gasteiger partial charge in [0.2, 0.25) is 5.91 Å². The molecule has 6 heteroatoms. The van der Waals surface area contributed by atoms with Crippen molar-refractivity contribution in [2.75, 3.05) is 24.5 Å². The number of hydrogen-bond acceptors (Lipinski definition) is 3. The molecule has 152 valence electrons. The van der Waals surface area contributed by atoms with Crippen molar-refractivity contribution in [3.05, 3.63) is 59.7 Å². The molecule has 0 aromatic heterocycles. The molecule has 0 aliphatic carbocycles. The van der Waals surface area contributed by atoms with E-state index in [4.69, 9.17) is 9.73 Å². The van der Waals surface area contributed by atoms with Crippen molar-refractivity contribution in [1.29, 1.82) is 0 Å². The number of para-hydroxylation sites is 1. The summed E-state index contributed by atoms with van der Waals surface area (Å²) >= 11 is 0. The Morgan fingerprint density at radius 2 is 2.00 bits per heavy atom. The van der Waals surface area contributed by atoms with Crippen LogP contribution in [0.2, 0.25) is 0 Å². The molecular formula is C23H28N4O2. The molecule has 2 aromatic carbocycles. The lowest BCUT2D eigenvalue weighted by atomic mass is 10.1. The first-order valence-corrected chi connectivity index (χ1v) is 10.4. The topological polar surface area (TPSA) is 66.0 Å². The predicted octanol–water partition coefficient (Wildman–Crippen LogP) is 2.87. The average molecular weight is 393 g/mol. The molecule has 1 atom stereocenters. The van der Waals surface area contributed by atoms with Gasteiger partial charge in [0.25, 0.3) is 0 Å². The zero-order valence-electron chi connectivity index (χ0n) is 16.9. The van der Waals surface area contributed by atoms with Crippen LogP contribution in [0.5, 0.6) is 5.75 Å². The molecule has 0 spiro atoms. The Balaban J connectivity index is 1.32. The molecule has 1 fully saturated rings. The highest BCUT2D eigenvalue weighted by atomic mass is 16.5. The van der Waals surface area contributed by atoms with Gasteiger partial charge in [-0.1, -0.05) is 30.3 Å². The second kappa shape index (κ2) is 8.99. The van der Waals surface area contributed by atoms with Crippen LogP contribution in [0.25, 0.3) is 0 Å². The van der Waals surface area contributed by atoms with Crippen LogP contribution < -0.4 is 20.3 Å². The van der Waals surface area contributed by atoms with Gasteiger partial charge in [-0.05, 0) is 42.7 Å². The Bertz CT molecular complexity index is 854. The summed E-state index contributed by atoms with van der Waals surface area (Å²) in [5, 5.41) is 6.68. The van der Waals surface area contributed by atoms with E-state index in [0.717, 1.165) is 48.9 Å². The van der Waals surface area contributed by atoms with E-state index in [1.807, 2.05) is 41.3 Å². The smallest absolute Gasteiger partial charge is 0.227 e. The minimum atomic E-state index is 0.119. The van der Waals surface area contributed by atoms with Crippen LogP contribution in [-0.4, -0.2) is 37.6 Å². The monoisotopic (exact) mass is 392 g/mol. The number of carbonyl (C=O) groups excluding carboxylic acids is 1. The first-order chi connectivity index (χ1) is 14.2. The highest BCUT2D eigenvalue weighted by Gasteiger charge is 2.22. The van der Waals surface area contributed by atoms with Gasteiger partial charge in [-0.3, -0.25) is 4.79 Å². The third-order valence-corrected chi connectivity index (χ3v) is 5.30. The number of nitrogens with zero attached hydrogens (tertiary/aromatic N) is 2. The normalized spacial score (nSPS) is 18.5. The molecule has 1 amide bonds. The highest BCUT2D eigenvalue weighted by Crippen LogP contribution is 2.27. The number of benzene rings is 2. The summed E-state index contributed by atoms with van der Waals surface area (Å²) in [6, 6.07) is 16.3. The number of aliphatic imine (C=N–C) groups is 1. The maximum absolute atomic E-state index is 11.9. The fourth-order valence-electron chi connectivity index (χ4n) is 3.79. The van der Waals surface area contributed by atoms with E-state index >= 15 is 0 Å². The summed E-state index contributed by atoms with van der Waals surface area (Å²) in [5.74, 6) is 1.98. The lowest BCUT2D eigenvalue weighted by Crippen LogP contribution is -2.42. The molecule has 0 radical (unpaired) electrons. The van der Waals surface area contributed by atoms with Crippen molar-refractivity contribution < 1.29 is 9.53 Å². The number of rotatable bonds is 6. The lowest BCUT2D eigenvalue weighted by Gasteiger charge is -2.16. The first kappa shape index (κ1) is 19.3. The van der Waals surface area contributed by atoms with Crippen molar-refractivity contribution >= 4 is 17.6 Å². The van der Waals surface area contributed by atoms with Crippen molar-refractivity contribution in [3.63, 3.8) is 0 Å². The highest BCUT2D eigenvalue weighted by molar-refractivity contribution is 5.95. The predicted molar refractivity (Wildman–Crippen MR) is 115 cm³/mol. The van der Waals surface area contributed by atoms with E-state index in [0.29, 0.717) is 19.5 Å². The minimum absolute atomic E-state index is 0.119. The second-order valence-corrected chi connectivity index (χ2v) is 7.44. The Kier molecular flexibility index (Phi) is 5.98. The van der Waals surface area contributed by atoms with Crippen molar-refractivity contribution in [2.24, 2.45) is 4.99 Å². The summed E-state index contributed by atoms with van der Waals surface area (Å²) in [6.45, 7) is 4.96. The molecule has 1 unspecified atom stereocenters. The largest absolute Gasteiger partial charge is 0.488 e. The summed E-state index contributed by atoms with van der Waals surface area (Å²) in [7, 11) is 0. The van der Waals surface area contributed by atoms with E-state index < -0.39 is 0 Å². The molecule has 6 nitrogen and oxygen atoms in total. The maximum atomic E-state index is 11.9. The van der Waals surface area contributed by atoms with Crippen LogP contribution in [0.1, 0.15) is 30.9 Å². The van der Waals surface area contributed by atoms with E-state index in [2.05, 4.69) is 29.7 Å². The number of hydrogen-bond donors (Lipinski definition) is 2. The van der Waals surface area contributed by atoms with Crippen LogP contribution in [0.3, 0.4) is 0 Å². The number of amides is 1. The molecule has 4 rings (SSSR count). The number of anilines is 1. The minimum Gasteiger partial charge on any atom is -0.488 e. The number of carbonyl (C=O) groups is 1. The number of nitrogens with one attached hydrogen (secondary N) is 2. The Hall–Kier alpha value is -3.02. The Labute approximate surface area is 172 Å². The third-order valence-electron chi connectivity index (χ3n) is 5.30. The van der Waals surface area contributed by atoms with Crippen molar-refractivity contribution in [3.8, 4) is 5.75 Å². The van der Waals surface area contributed by atoms with Gasteiger partial charge in [0, 0.05) is 31.6 Å². The Morgan fingerprint density at radius 3 is 2.72 bits per heavy atom. The van der Waals surface area contributed by atoms with Gasteiger partial charge < -0.3 is 20.3 Å². The zero-order chi connectivity index (χ0) is 20.1. The maximum Gasteiger partial charge on any atom is 0.227 e. The van der Waals surface area contributed by atoms with Crippen molar-refractivity contribution in [2.45, 2.75) is 38.8 Å². The molecule has 0 bridgehead atoms. The van der Waals surface area contributed by atoms with Gasteiger partial charge >= 0.3 is 0 Å². The van der Waals surface area contributed by atoms with Gasteiger partial charge in [-0.25, -0.2) is 4.99 Å². The van der Waals surface area contributed by atoms with Crippen LogP contribution in [0.4, 0.5) is 5.69 Å². The average Bonchev–Trinajstić information content (AvgIpc) is 3.36. The van der Waals surface area contributed by atoms with Crippen LogP contribution >= 0.6 is 0 Å². The SMILES string of the molecule is CCNC(=NCc1ccc(N2CCCC2=O)cc1)NCC1Cc2ccccc2O1. The molecule has 2 aliphatic rings. The fourth-order valence-corrected chi connectivity index (χ4v) is 3.79. The molecule has 0 saturated carbocycles. The lowest BCUT2D eigenvalue weighted by molar-refractivity contribution is -0.117. The summed E-state index contributed by atoms with van der Waals surface area (Å²) in [4.78, 5) is 18.4. The van der Waals surface area contributed by atoms with Gasteiger partial charge in [-0.15, -0.1) is 0 Å². The van der Waals surface area contributed by atoms with E-state index in [9.17, 15) is 4.79 Å². The van der Waals surface area contributed by atoms with Gasteiger partial charge in [0.15, 0.2) is 5.96 Å².